The first-order valence-corrected chi connectivity index (χ1v) is 4.08. The van der Waals surface area contributed by atoms with Crippen LogP contribution in [-0.4, -0.2) is 35.7 Å². The fourth-order valence-electron chi connectivity index (χ4n) is 1.05. The highest BCUT2D eigenvalue weighted by atomic mass is 16.2. The zero-order chi connectivity index (χ0) is 10.7. The summed E-state index contributed by atoms with van der Waals surface area (Å²) in [6, 6.07) is 1.44. The minimum Gasteiger partial charge on any atom is -0.354 e. The van der Waals surface area contributed by atoms with Gasteiger partial charge in [-0.25, -0.2) is 0 Å². The molecule has 2 N–H and O–H groups in total. The standard InChI is InChI=1S/C8H12N4O2/c1-9-7(13)5-4-6(8(14)10-2)12(3)11-5/h4H,1-3H3,(H,9,13)(H,10,14). The predicted molar refractivity (Wildman–Crippen MR) is 50.0 cm³/mol. The van der Waals surface area contributed by atoms with Crippen LogP contribution in [0.15, 0.2) is 6.07 Å². The van der Waals surface area contributed by atoms with E-state index in [9.17, 15) is 9.59 Å². The maximum absolute atomic E-state index is 11.3. The molecule has 0 aliphatic rings. The van der Waals surface area contributed by atoms with Crippen molar-refractivity contribution in [2.45, 2.75) is 0 Å². The maximum atomic E-state index is 11.3. The number of carbonyl (C=O) groups excluding carboxylic acids is 2. The van der Waals surface area contributed by atoms with E-state index in [0.29, 0.717) is 5.69 Å². The Morgan fingerprint density at radius 2 is 1.86 bits per heavy atom. The third-order valence-corrected chi connectivity index (χ3v) is 1.80. The van der Waals surface area contributed by atoms with Crippen LogP contribution in [0, 0.1) is 0 Å². The summed E-state index contributed by atoms with van der Waals surface area (Å²) in [6.45, 7) is 0. The van der Waals surface area contributed by atoms with E-state index in [0.717, 1.165) is 0 Å². The number of hydrogen-bond donors (Lipinski definition) is 2. The number of rotatable bonds is 2. The molecular formula is C8H12N4O2. The molecule has 2 amide bonds. The van der Waals surface area contributed by atoms with E-state index < -0.39 is 0 Å². The summed E-state index contributed by atoms with van der Waals surface area (Å²) in [6.07, 6.45) is 0. The molecular weight excluding hydrogens is 184 g/mol. The van der Waals surface area contributed by atoms with Gasteiger partial charge in [-0.15, -0.1) is 0 Å². The Balaban J connectivity index is 3.05. The van der Waals surface area contributed by atoms with Gasteiger partial charge in [-0.05, 0) is 0 Å². The molecule has 0 atom stereocenters. The van der Waals surface area contributed by atoms with E-state index in [1.165, 1.54) is 24.8 Å². The largest absolute Gasteiger partial charge is 0.354 e. The van der Waals surface area contributed by atoms with Crippen LogP contribution in [0.2, 0.25) is 0 Å². The third kappa shape index (κ3) is 1.73. The minimum absolute atomic E-state index is 0.230. The van der Waals surface area contributed by atoms with Crippen molar-refractivity contribution < 1.29 is 9.59 Å². The lowest BCUT2D eigenvalue weighted by atomic mass is 10.3. The number of nitrogens with zero attached hydrogens (tertiary/aromatic N) is 2. The average Bonchev–Trinajstić information content (AvgIpc) is 2.58. The van der Waals surface area contributed by atoms with Gasteiger partial charge in [0.2, 0.25) is 0 Å². The van der Waals surface area contributed by atoms with Gasteiger partial charge in [-0.3, -0.25) is 14.3 Å². The van der Waals surface area contributed by atoms with Crippen molar-refractivity contribution in [1.29, 1.82) is 0 Å². The van der Waals surface area contributed by atoms with Crippen LogP contribution in [0.5, 0.6) is 0 Å². The van der Waals surface area contributed by atoms with Crippen LogP contribution in [0.4, 0.5) is 0 Å². The molecule has 6 nitrogen and oxygen atoms in total. The number of amides is 2. The molecule has 1 rings (SSSR count). The Morgan fingerprint density at radius 3 is 2.36 bits per heavy atom. The molecule has 0 fully saturated rings. The minimum atomic E-state index is -0.309. The Kier molecular flexibility index (Phi) is 2.85. The Morgan fingerprint density at radius 1 is 1.29 bits per heavy atom. The molecule has 1 aromatic heterocycles. The molecule has 14 heavy (non-hydrogen) atoms. The van der Waals surface area contributed by atoms with Gasteiger partial charge in [0.15, 0.2) is 5.69 Å². The highest BCUT2D eigenvalue weighted by Crippen LogP contribution is 2.02. The van der Waals surface area contributed by atoms with E-state index >= 15 is 0 Å². The van der Waals surface area contributed by atoms with Crippen molar-refractivity contribution in [3.8, 4) is 0 Å². The summed E-state index contributed by atoms with van der Waals surface area (Å²) in [7, 11) is 4.64. The zero-order valence-electron chi connectivity index (χ0n) is 8.29. The lowest BCUT2D eigenvalue weighted by Crippen LogP contribution is -2.20. The van der Waals surface area contributed by atoms with Crippen LogP contribution < -0.4 is 10.6 Å². The molecule has 76 valence electrons. The van der Waals surface area contributed by atoms with E-state index in [-0.39, 0.29) is 17.5 Å². The summed E-state index contributed by atoms with van der Waals surface area (Å²) in [4.78, 5) is 22.4. The highest BCUT2D eigenvalue weighted by Gasteiger charge is 2.15. The topological polar surface area (TPSA) is 76.0 Å². The van der Waals surface area contributed by atoms with Crippen molar-refractivity contribution >= 4 is 11.8 Å². The molecule has 0 saturated heterocycles. The second-order valence-corrected chi connectivity index (χ2v) is 2.70. The van der Waals surface area contributed by atoms with Gasteiger partial charge < -0.3 is 10.6 Å². The zero-order valence-corrected chi connectivity index (χ0v) is 8.29. The molecule has 6 heteroatoms. The molecule has 0 bridgehead atoms. The first kappa shape index (κ1) is 10.2. The van der Waals surface area contributed by atoms with Crippen molar-refractivity contribution in [3.05, 3.63) is 17.5 Å². The summed E-state index contributed by atoms with van der Waals surface area (Å²) in [5, 5.41) is 8.79. The van der Waals surface area contributed by atoms with E-state index in [1.807, 2.05) is 0 Å². The van der Waals surface area contributed by atoms with E-state index in [2.05, 4.69) is 15.7 Å². The van der Waals surface area contributed by atoms with Gasteiger partial charge in [-0.2, -0.15) is 5.10 Å². The van der Waals surface area contributed by atoms with Gasteiger partial charge in [0.05, 0.1) is 0 Å². The van der Waals surface area contributed by atoms with Crippen molar-refractivity contribution in [2.75, 3.05) is 14.1 Å². The third-order valence-electron chi connectivity index (χ3n) is 1.80. The van der Waals surface area contributed by atoms with Gasteiger partial charge >= 0.3 is 0 Å². The molecule has 1 aromatic rings. The number of hydrogen-bond acceptors (Lipinski definition) is 3. The quantitative estimate of drug-likeness (QED) is 0.646. The number of nitrogens with one attached hydrogen (secondary N) is 2. The first-order valence-electron chi connectivity index (χ1n) is 4.08. The summed E-state index contributed by atoms with van der Waals surface area (Å²) < 4.78 is 1.36. The normalized spacial score (nSPS) is 9.64. The van der Waals surface area contributed by atoms with Gasteiger partial charge in [0.25, 0.3) is 11.8 Å². The molecule has 0 radical (unpaired) electrons. The Hall–Kier alpha value is -1.85. The molecule has 0 aromatic carbocycles. The fourth-order valence-corrected chi connectivity index (χ4v) is 1.05. The summed E-state index contributed by atoms with van der Waals surface area (Å²) in [5.74, 6) is -0.578. The fraction of sp³-hybridized carbons (Fsp3) is 0.375. The average molecular weight is 196 g/mol. The number of aromatic nitrogens is 2. The van der Waals surface area contributed by atoms with Gasteiger partial charge in [0, 0.05) is 27.2 Å². The van der Waals surface area contributed by atoms with Gasteiger partial charge in [0.1, 0.15) is 5.69 Å². The van der Waals surface area contributed by atoms with Crippen LogP contribution >= 0.6 is 0 Å². The molecule has 0 aliphatic carbocycles. The second kappa shape index (κ2) is 3.91. The molecule has 0 aliphatic heterocycles. The monoisotopic (exact) mass is 196 g/mol. The highest BCUT2D eigenvalue weighted by molar-refractivity contribution is 5.97. The van der Waals surface area contributed by atoms with Crippen LogP contribution in [0.1, 0.15) is 21.0 Å². The number of carbonyl (C=O) groups is 2. The molecule has 0 unspecified atom stereocenters. The molecule has 0 spiro atoms. The van der Waals surface area contributed by atoms with E-state index in [4.69, 9.17) is 0 Å². The molecule has 1 heterocycles. The summed E-state index contributed by atoms with van der Waals surface area (Å²) in [5.41, 5.74) is 0.583. The van der Waals surface area contributed by atoms with Crippen molar-refractivity contribution in [2.24, 2.45) is 7.05 Å². The Bertz CT molecular complexity index is 369. The van der Waals surface area contributed by atoms with E-state index in [1.54, 1.807) is 7.05 Å². The van der Waals surface area contributed by atoms with Crippen molar-refractivity contribution in [3.63, 3.8) is 0 Å². The van der Waals surface area contributed by atoms with Crippen LogP contribution in [0.3, 0.4) is 0 Å². The second-order valence-electron chi connectivity index (χ2n) is 2.70. The smallest absolute Gasteiger partial charge is 0.271 e. The van der Waals surface area contributed by atoms with Gasteiger partial charge in [-0.1, -0.05) is 0 Å². The lowest BCUT2D eigenvalue weighted by molar-refractivity contribution is 0.0948. The Labute approximate surface area is 81.3 Å². The number of aryl methyl sites for hydroxylation is 1. The first-order chi connectivity index (χ1) is 6.60. The predicted octanol–water partition coefficient (Wildman–Crippen LogP) is -0.861. The van der Waals surface area contributed by atoms with Crippen LogP contribution in [-0.2, 0) is 7.05 Å². The van der Waals surface area contributed by atoms with Crippen LogP contribution in [0.25, 0.3) is 0 Å². The summed E-state index contributed by atoms with van der Waals surface area (Å²) >= 11 is 0. The lowest BCUT2D eigenvalue weighted by Gasteiger charge is -1.97. The van der Waals surface area contributed by atoms with Crippen molar-refractivity contribution in [1.82, 2.24) is 20.4 Å². The maximum Gasteiger partial charge on any atom is 0.271 e. The SMILES string of the molecule is CNC(=O)c1cc(C(=O)NC)n(C)n1. The molecule has 0 saturated carbocycles.